The Kier molecular flexibility index (Phi) is 3.65. The number of hydrogen-bond acceptors (Lipinski definition) is 3. The van der Waals surface area contributed by atoms with E-state index in [9.17, 15) is 0 Å². The van der Waals surface area contributed by atoms with E-state index in [-0.39, 0.29) is 0 Å². The summed E-state index contributed by atoms with van der Waals surface area (Å²) in [4.78, 5) is 2.62. The minimum Gasteiger partial charge on any atom is -0.381 e. The van der Waals surface area contributed by atoms with Gasteiger partial charge in [0.25, 0.3) is 0 Å². The Labute approximate surface area is 111 Å². The van der Waals surface area contributed by atoms with Crippen molar-refractivity contribution in [2.75, 3.05) is 26.8 Å². The van der Waals surface area contributed by atoms with Gasteiger partial charge in [-0.2, -0.15) is 0 Å². The van der Waals surface area contributed by atoms with Gasteiger partial charge in [-0.1, -0.05) is 6.92 Å². The molecule has 0 saturated carbocycles. The highest BCUT2D eigenvalue weighted by molar-refractivity contribution is 4.96. The SMILES string of the molecule is CN1C2CCC1CC(NCC1(C)CCOCC1)C2. The maximum absolute atomic E-state index is 5.48. The molecule has 0 spiro atoms. The second-order valence-electron chi connectivity index (χ2n) is 7.02. The van der Waals surface area contributed by atoms with E-state index in [0.29, 0.717) is 5.41 Å². The van der Waals surface area contributed by atoms with Crippen LogP contribution in [-0.4, -0.2) is 49.8 Å². The molecule has 0 aromatic rings. The Bertz CT molecular complexity index is 274. The lowest BCUT2D eigenvalue weighted by atomic mass is 9.82. The predicted octanol–water partition coefficient (Wildman–Crippen LogP) is 2.02. The Balaban J connectivity index is 1.49. The molecule has 3 heteroatoms. The summed E-state index contributed by atoms with van der Waals surface area (Å²) in [6.45, 7) is 5.52. The van der Waals surface area contributed by atoms with Crippen molar-refractivity contribution in [2.45, 2.75) is 63.6 Å². The van der Waals surface area contributed by atoms with Crippen LogP contribution in [0, 0.1) is 5.41 Å². The molecular weight excluding hydrogens is 224 g/mol. The summed E-state index contributed by atoms with van der Waals surface area (Å²) >= 11 is 0. The van der Waals surface area contributed by atoms with Crippen molar-refractivity contribution < 1.29 is 4.74 Å². The Morgan fingerprint density at radius 1 is 1.17 bits per heavy atom. The zero-order valence-corrected chi connectivity index (χ0v) is 12.0. The van der Waals surface area contributed by atoms with E-state index in [1.54, 1.807) is 0 Å². The molecule has 1 N–H and O–H groups in total. The zero-order valence-electron chi connectivity index (χ0n) is 12.0. The average molecular weight is 252 g/mol. The normalized spacial score (nSPS) is 40.0. The van der Waals surface area contributed by atoms with Crippen LogP contribution in [0.25, 0.3) is 0 Å². The molecule has 0 radical (unpaired) electrons. The molecular formula is C15H28N2O. The Morgan fingerprint density at radius 2 is 1.78 bits per heavy atom. The van der Waals surface area contributed by atoms with Crippen molar-refractivity contribution in [2.24, 2.45) is 5.41 Å². The van der Waals surface area contributed by atoms with E-state index >= 15 is 0 Å². The summed E-state index contributed by atoms with van der Waals surface area (Å²) in [5, 5.41) is 3.87. The van der Waals surface area contributed by atoms with Crippen LogP contribution >= 0.6 is 0 Å². The second kappa shape index (κ2) is 5.10. The Hall–Kier alpha value is -0.120. The van der Waals surface area contributed by atoms with Gasteiger partial charge < -0.3 is 15.0 Å². The molecule has 3 fully saturated rings. The van der Waals surface area contributed by atoms with E-state index in [0.717, 1.165) is 31.3 Å². The van der Waals surface area contributed by atoms with Gasteiger partial charge in [-0.05, 0) is 51.0 Å². The van der Waals surface area contributed by atoms with E-state index < -0.39 is 0 Å². The molecule has 0 aliphatic carbocycles. The van der Waals surface area contributed by atoms with Crippen LogP contribution in [0.1, 0.15) is 45.4 Å². The topological polar surface area (TPSA) is 24.5 Å². The summed E-state index contributed by atoms with van der Waals surface area (Å²) in [6.07, 6.45) is 8.01. The molecule has 3 aliphatic heterocycles. The molecule has 18 heavy (non-hydrogen) atoms. The number of rotatable bonds is 3. The van der Waals surface area contributed by atoms with Gasteiger partial charge in [0.1, 0.15) is 0 Å². The van der Waals surface area contributed by atoms with Crippen molar-refractivity contribution in [3.63, 3.8) is 0 Å². The van der Waals surface area contributed by atoms with Crippen molar-refractivity contribution in [3.05, 3.63) is 0 Å². The minimum atomic E-state index is 0.473. The molecule has 2 atom stereocenters. The van der Waals surface area contributed by atoms with Crippen LogP contribution in [-0.2, 0) is 4.74 Å². The second-order valence-corrected chi connectivity index (χ2v) is 7.02. The molecule has 0 aromatic heterocycles. The fourth-order valence-corrected chi connectivity index (χ4v) is 4.01. The summed E-state index contributed by atoms with van der Waals surface area (Å²) in [5.74, 6) is 0. The van der Waals surface area contributed by atoms with E-state index in [1.165, 1.54) is 45.1 Å². The summed E-state index contributed by atoms with van der Waals surface area (Å²) < 4.78 is 5.48. The van der Waals surface area contributed by atoms with Gasteiger partial charge in [0.15, 0.2) is 0 Å². The van der Waals surface area contributed by atoms with Gasteiger partial charge in [-0.25, -0.2) is 0 Å². The molecule has 3 nitrogen and oxygen atoms in total. The van der Waals surface area contributed by atoms with Gasteiger partial charge in [0.2, 0.25) is 0 Å². The first kappa shape index (κ1) is 12.9. The lowest BCUT2D eigenvalue weighted by Crippen LogP contribution is -2.49. The van der Waals surface area contributed by atoms with E-state index in [2.05, 4.69) is 24.2 Å². The predicted molar refractivity (Wildman–Crippen MR) is 73.8 cm³/mol. The molecule has 3 heterocycles. The lowest BCUT2D eigenvalue weighted by Gasteiger charge is -2.40. The zero-order chi connectivity index (χ0) is 12.6. The van der Waals surface area contributed by atoms with Crippen LogP contribution < -0.4 is 5.32 Å². The standard InChI is InChI=1S/C15H28N2O/c1-15(5-7-18-8-6-15)11-16-12-9-13-3-4-14(10-12)17(13)2/h12-14,16H,3-11H2,1-2H3. The quantitative estimate of drug-likeness (QED) is 0.831. The largest absolute Gasteiger partial charge is 0.381 e. The van der Waals surface area contributed by atoms with Gasteiger partial charge in [-0.3, -0.25) is 0 Å². The van der Waals surface area contributed by atoms with Crippen LogP contribution in [0.15, 0.2) is 0 Å². The van der Waals surface area contributed by atoms with E-state index in [1.807, 2.05) is 0 Å². The first-order valence-electron chi connectivity index (χ1n) is 7.69. The van der Waals surface area contributed by atoms with Gasteiger partial charge in [0.05, 0.1) is 0 Å². The maximum Gasteiger partial charge on any atom is 0.0471 e. The number of hydrogen-bond donors (Lipinski definition) is 1. The molecule has 2 bridgehead atoms. The number of nitrogens with zero attached hydrogens (tertiary/aromatic N) is 1. The average Bonchev–Trinajstić information content (AvgIpc) is 2.61. The maximum atomic E-state index is 5.48. The van der Waals surface area contributed by atoms with Crippen LogP contribution in [0.4, 0.5) is 0 Å². The third-order valence-electron chi connectivity index (χ3n) is 5.62. The van der Waals surface area contributed by atoms with Crippen LogP contribution in [0.3, 0.4) is 0 Å². The minimum absolute atomic E-state index is 0.473. The molecule has 104 valence electrons. The van der Waals surface area contributed by atoms with Crippen molar-refractivity contribution >= 4 is 0 Å². The fraction of sp³-hybridized carbons (Fsp3) is 1.00. The highest BCUT2D eigenvalue weighted by Crippen LogP contribution is 2.35. The third kappa shape index (κ3) is 2.59. The first-order valence-corrected chi connectivity index (χ1v) is 7.69. The van der Waals surface area contributed by atoms with E-state index in [4.69, 9.17) is 4.74 Å². The molecule has 3 saturated heterocycles. The van der Waals surface area contributed by atoms with Gasteiger partial charge in [-0.15, -0.1) is 0 Å². The molecule has 3 aliphatic rings. The molecule has 0 aromatic carbocycles. The highest BCUT2D eigenvalue weighted by atomic mass is 16.5. The molecule has 3 rings (SSSR count). The van der Waals surface area contributed by atoms with Crippen LogP contribution in [0.5, 0.6) is 0 Å². The summed E-state index contributed by atoms with van der Waals surface area (Å²) in [5.41, 5.74) is 0.473. The summed E-state index contributed by atoms with van der Waals surface area (Å²) in [6, 6.07) is 2.46. The lowest BCUT2D eigenvalue weighted by molar-refractivity contribution is 0.0207. The number of ether oxygens (including phenoxy) is 1. The van der Waals surface area contributed by atoms with Crippen molar-refractivity contribution in [1.82, 2.24) is 10.2 Å². The Morgan fingerprint density at radius 3 is 2.39 bits per heavy atom. The highest BCUT2D eigenvalue weighted by Gasteiger charge is 2.39. The van der Waals surface area contributed by atoms with Crippen molar-refractivity contribution in [3.8, 4) is 0 Å². The molecule has 0 amide bonds. The fourth-order valence-electron chi connectivity index (χ4n) is 4.01. The third-order valence-corrected chi connectivity index (χ3v) is 5.62. The number of fused-ring (bicyclic) bond motifs is 2. The van der Waals surface area contributed by atoms with Gasteiger partial charge in [0, 0.05) is 37.9 Å². The van der Waals surface area contributed by atoms with Gasteiger partial charge >= 0.3 is 0 Å². The van der Waals surface area contributed by atoms with Crippen molar-refractivity contribution in [1.29, 1.82) is 0 Å². The number of piperidine rings is 1. The smallest absolute Gasteiger partial charge is 0.0471 e. The molecule has 2 unspecified atom stereocenters. The first-order chi connectivity index (χ1) is 8.66. The summed E-state index contributed by atoms with van der Waals surface area (Å²) in [7, 11) is 2.32. The van der Waals surface area contributed by atoms with Crippen LogP contribution in [0.2, 0.25) is 0 Å². The monoisotopic (exact) mass is 252 g/mol. The number of nitrogens with one attached hydrogen (secondary N) is 1.